The minimum absolute atomic E-state index is 0.0136. The molecular formula is C15H18N2O5. The molecule has 0 spiro atoms. The van der Waals surface area contributed by atoms with Gasteiger partial charge in [-0.25, -0.2) is 9.59 Å². The first kappa shape index (κ1) is 15.8. The molecule has 1 fully saturated rings. The highest BCUT2D eigenvalue weighted by atomic mass is 16.6. The van der Waals surface area contributed by atoms with Crippen LogP contribution in [0.15, 0.2) is 24.3 Å². The van der Waals surface area contributed by atoms with E-state index in [1.807, 2.05) is 0 Å². The van der Waals surface area contributed by atoms with Crippen molar-refractivity contribution in [2.75, 3.05) is 32.8 Å². The lowest BCUT2D eigenvalue weighted by atomic mass is 10.1. The van der Waals surface area contributed by atoms with E-state index in [1.54, 1.807) is 24.0 Å². The molecule has 1 N–H and O–H groups in total. The molecule has 0 saturated carbocycles. The van der Waals surface area contributed by atoms with Crippen LogP contribution in [0.1, 0.15) is 27.6 Å². The standard InChI is InChI=1S/C15H18N2O5/c1-2-22-15(21)17-9-7-16(8-10-17)13(18)11-5-3-4-6-12(11)14(19)20/h3-6H,2,7-10H2,1H3,(H,19,20). The smallest absolute Gasteiger partial charge is 0.409 e. The Morgan fingerprint density at radius 1 is 1.05 bits per heavy atom. The maximum Gasteiger partial charge on any atom is 0.409 e. The van der Waals surface area contributed by atoms with Gasteiger partial charge in [-0.05, 0) is 19.1 Å². The maximum atomic E-state index is 12.5. The van der Waals surface area contributed by atoms with E-state index in [1.165, 1.54) is 17.0 Å². The minimum atomic E-state index is -1.13. The van der Waals surface area contributed by atoms with Gasteiger partial charge in [0.05, 0.1) is 17.7 Å². The summed E-state index contributed by atoms with van der Waals surface area (Å²) >= 11 is 0. The number of benzene rings is 1. The van der Waals surface area contributed by atoms with E-state index in [4.69, 9.17) is 9.84 Å². The Morgan fingerprint density at radius 2 is 1.59 bits per heavy atom. The second-order valence-electron chi connectivity index (χ2n) is 4.83. The number of piperazine rings is 1. The van der Waals surface area contributed by atoms with E-state index < -0.39 is 5.97 Å². The summed E-state index contributed by atoms with van der Waals surface area (Å²) in [4.78, 5) is 38.3. The Morgan fingerprint density at radius 3 is 2.14 bits per heavy atom. The molecule has 2 rings (SSSR count). The molecule has 0 radical (unpaired) electrons. The number of carbonyl (C=O) groups excluding carboxylic acids is 2. The Balaban J connectivity index is 2.04. The summed E-state index contributed by atoms with van der Waals surface area (Å²) in [5, 5.41) is 9.15. The lowest BCUT2D eigenvalue weighted by Crippen LogP contribution is -2.50. The molecular weight excluding hydrogens is 288 g/mol. The molecule has 1 aromatic rings. The van der Waals surface area contributed by atoms with Crippen LogP contribution in [0.25, 0.3) is 0 Å². The quantitative estimate of drug-likeness (QED) is 0.909. The number of carboxylic acids is 1. The van der Waals surface area contributed by atoms with Crippen molar-refractivity contribution in [3.8, 4) is 0 Å². The molecule has 0 aromatic heterocycles. The summed E-state index contributed by atoms with van der Waals surface area (Å²) in [5.74, 6) is -1.46. The molecule has 1 aromatic carbocycles. The first-order valence-electron chi connectivity index (χ1n) is 7.08. The number of amides is 2. The number of hydrogen-bond donors (Lipinski definition) is 1. The van der Waals surface area contributed by atoms with Gasteiger partial charge in [0.25, 0.3) is 5.91 Å². The van der Waals surface area contributed by atoms with Gasteiger partial charge in [-0.3, -0.25) is 4.79 Å². The van der Waals surface area contributed by atoms with Crippen LogP contribution in [0.2, 0.25) is 0 Å². The maximum absolute atomic E-state index is 12.5. The average molecular weight is 306 g/mol. The molecule has 0 aliphatic carbocycles. The number of hydrogen-bond acceptors (Lipinski definition) is 4. The van der Waals surface area contributed by atoms with Crippen LogP contribution in [0.5, 0.6) is 0 Å². The molecule has 1 aliphatic rings. The molecule has 0 unspecified atom stereocenters. The van der Waals surface area contributed by atoms with Crippen LogP contribution < -0.4 is 0 Å². The van der Waals surface area contributed by atoms with Gasteiger partial charge in [0.1, 0.15) is 0 Å². The van der Waals surface area contributed by atoms with Gasteiger partial charge in [-0.1, -0.05) is 12.1 Å². The molecule has 2 amide bonds. The third kappa shape index (κ3) is 3.36. The zero-order chi connectivity index (χ0) is 16.1. The van der Waals surface area contributed by atoms with E-state index in [2.05, 4.69) is 0 Å². The highest BCUT2D eigenvalue weighted by Crippen LogP contribution is 2.14. The number of aromatic carboxylic acids is 1. The largest absolute Gasteiger partial charge is 0.478 e. The van der Waals surface area contributed by atoms with Crippen molar-refractivity contribution in [1.82, 2.24) is 9.80 Å². The van der Waals surface area contributed by atoms with Crippen LogP contribution in [-0.4, -0.2) is 65.7 Å². The predicted octanol–water partition coefficient (Wildman–Crippen LogP) is 1.30. The predicted molar refractivity (Wildman–Crippen MR) is 77.9 cm³/mol. The first-order chi connectivity index (χ1) is 10.5. The van der Waals surface area contributed by atoms with Gasteiger partial charge < -0.3 is 19.6 Å². The lowest BCUT2D eigenvalue weighted by molar-refractivity contribution is 0.0562. The third-order valence-corrected chi connectivity index (χ3v) is 3.48. The molecule has 22 heavy (non-hydrogen) atoms. The Kier molecular flexibility index (Phi) is 4.98. The molecule has 7 nitrogen and oxygen atoms in total. The number of nitrogens with zero attached hydrogens (tertiary/aromatic N) is 2. The number of carboxylic acid groups (broad SMARTS) is 1. The van der Waals surface area contributed by atoms with E-state index in [9.17, 15) is 14.4 Å². The number of rotatable bonds is 3. The molecule has 1 saturated heterocycles. The van der Waals surface area contributed by atoms with Crippen molar-refractivity contribution in [3.05, 3.63) is 35.4 Å². The summed E-state index contributed by atoms with van der Waals surface area (Å²) < 4.78 is 4.92. The number of ether oxygens (including phenoxy) is 1. The van der Waals surface area contributed by atoms with E-state index >= 15 is 0 Å². The van der Waals surface area contributed by atoms with Crippen molar-refractivity contribution < 1.29 is 24.2 Å². The van der Waals surface area contributed by atoms with E-state index in [-0.39, 0.29) is 23.1 Å². The summed E-state index contributed by atoms with van der Waals surface area (Å²) in [5.41, 5.74) is 0.153. The zero-order valence-corrected chi connectivity index (χ0v) is 12.3. The summed E-state index contributed by atoms with van der Waals surface area (Å²) in [7, 11) is 0. The van der Waals surface area contributed by atoms with Crippen molar-refractivity contribution in [1.29, 1.82) is 0 Å². The van der Waals surface area contributed by atoms with E-state index in [0.29, 0.717) is 32.8 Å². The van der Waals surface area contributed by atoms with Gasteiger partial charge >= 0.3 is 12.1 Å². The fraction of sp³-hybridized carbons (Fsp3) is 0.400. The normalized spacial score (nSPS) is 14.6. The number of carbonyl (C=O) groups is 3. The van der Waals surface area contributed by atoms with Crippen molar-refractivity contribution >= 4 is 18.0 Å². The average Bonchev–Trinajstić information content (AvgIpc) is 2.54. The van der Waals surface area contributed by atoms with Gasteiger partial charge in [-0.2, -0.15) is 0 Å². The van der Waals surface area contributed by atoms with Crippen LogP contribution in [0.4, 0.5) is 4.79 Å². The fourth-order valence-electron chi connectivity index (χ4n) is 2.33. The Hall–Kier alpha value is -2.57. The summed E-state index contributed by atoms with van der Waals surface area (Å²) in [6, 6.07) is 6.13. The topological polar surface area (TPSA) is 87.2 Å². The molecule has 7 heteroatoms. The lowest BCUT2D eigenvalue weighted by Gasteiger charge is -2.34. The molecule has 0 atom stereocenters. The minimum Gasteiger partial charge on any atom is -0.478 e. The van der Waals surface area contributed by atoms with Crippen LogP contribution >= 0.6 is 0 Å². The van der Waals surface area contributed by atoms with Gasteiger partial charge in [0, 0.05) is 26.2 Å². The van der Waals surface area contributed by atoms with Crippen LogP contribution in [0, 0.1) is 0 Å². The second-order valence-corrected chi connectivity index (χ2v) is 4.83. The van der Waals surface area contributed by atoms with Crippen LogP contribution in [0.3, 0.4) is 0 Å². The monoisotopic (exact) mass is 306 g/mol. The van der Waals surface area contributed by atoms with Crippen molar-refractivity contribution in [3.63, 3.8) is 0 Å². The third-order valence-electron chi connectivity index (χ3n) is 3.48. The summed E-state index contributed by atoms with van der Waals surface area (Å²) in [6.07, 6.45) is -0.388. The Bertz CT molecular complexity index is 579. The van der Waals surface area contributed by atoms with Crippen LogP contribution in [-0.2, 0) is 4.74 Å². The van der Waals surface area contributed by atoms with E-state index in [0.717, 1.165) is 0 Å². The molecule has 0 bridgehead atoms. The van der Waals surface area contributed by atoms with Gasteiger partial charge in [0.2, 0.25) is 0 Å². The molecule has 118 valence electrons. The van der Waals surface area contributed by atoms with Gasteiger partial charge in [0.15, 0.2) is 0 Å². The molecule has 1 aliphatic heterocycles. The second kappa shape index (κ2) is 6.93. The molecule has 1 heterocycles. The van der Waals surface area contributed by atoms with Crippen molar-refractivity contribution in [2.24, 2.45) is 0 Å². The fourth-order valence-corrected chi connectivity index (χ4v) is 2.33. The highest BCUT2D eigenvalue weighted by Gasteiger charge is 2.27. The SMILES string of the molecule is CCOC(=O)N1CCN(C(=O)c2ccccc2C(=O)O)CC1. The first-order valence-corrected chi connectivity index (χ1v) is 7.08. The zero-order valence-electron chi connectivity index (χ0n) is 12.3. The Labute approximate surface area is 128 Å². The van der Waals surface area contributed by atoms with Crippen molar-refractivity contribution in [2.45, 2.75) is 6.92 Å². The highest BCUT2D eigenvalue weighted by molar-refractivity contribution is 6.04. The van der Waals surface area contributed by atoms with Gasteiger partial charge in [-0.15, -0.1) is 0 Å². The summed E-state index contributed by atoms with van der Waals surface area (Å²) in [6.45, 7) is 3.50.